The first-order valence-corrected chi connectivity index (χ1v) is 9.88. The van der Waals surface area contributed by atoms with Crippen LogP contribution >= 0.6 is 0 Å². The van der Waals surface area contributed by atoms with Crippen molar-refractivity contribution in [3.63, 3.8) is 0 Å². The van der Waals surface area contributed by atoms with Gasteiger partial charge >= 0.3 is 5.97 Å². The lowest BCUT2D eigenvalue weighted by molar-refractivity contribution is -0.137. The number of rotatable bonds is 7. The molecule has 142 valence electrons. The van der Waals surface area contributed by atoms with Crippen molar-refractivity contribution in [3.05, 3.63) is 24.0 Å². The molecule has 6 heteroatoms. The summed E-state index contributed by atoms with van der Waals surface area (Å²) >= 11 is 0. The zero-order valence-corrected chi connectivity index (χ0v) is 15.7. The van der Waals surface area contributed by atoms with Crippen LogP contribution in [0.15, 0.2) is 18.5 Å². The average molecular weight is 358 g/mol. The lowest BCUT2D eigenvalue weighted by Gasteiger charge is -2.26. The van der Waals surface area contributed by atoms with E-state index in [1.165, 1.54) is 44.7 Å². The number of hydrogen-bond donors (Lipinski definition) is 1. The molecule has 1 saturated heterocycles. The van der Waals surface area contributed by atoms with E-state index in [9.17, 15) is 4.79 Å². The van der Waals surface area contributed by atoms with Crippen molar-refractivity contribution < 1.29 is 9.53 Å². The van der Waals surface area contributed by atoms with Gasteiger partial charge < -0.3 is 15.0 Å². The molecule has 1 aromatic rings. The van der Waals surface area contributed by atoms with Crippen molar-refractivity contribution in [1.82, 2.24) is 14.9 Å². The molecule has 0 aromatic carbocycles. The van der Waals surface area contributed by atoms with Crippen molar-refractivity contribution in [1.29, 1.82) is 0 Å². The maximum absolute atomic E-state index is 11.3. The van der Waals surface area contributed by atoms with Gasteiger partial charge in [-0.15, -0.1) is 0 Å². The molecule has 1 aliphatic heterocycles. The van der Waals surface area contributed by atoms with E-state index < -0.39 is 0 Å². The standard InChI is InChI=1S/C20H30N4O2/c1-2-26-19(25)9-8-17-12-21-20(22-13-17)23-18-10-11-24(15-18)14-16-6-4-3-5-7-16/h8-9,12-13,16,18H,2-7,10-11,14-15H2,1H3,(H,21,22,23)/t18-/m1/s1. The molecular weight excluding hydrogens is 328 g/mol. The molecule has 0 spiro atoms. The quantitative estimate of drug-likeness (QED) is 0.597. The van der Waals surface area contributed by atoms with Crippen LogP contribution in [0.4, 0.5) is 5.95 Å². The topological polar surface area (TPSA) is 67.3 Å². The summed E-state index contributed by atoms with van der Waals surface area (Å²) < 4.78 is 4.86. The van der Waals surface area contributed by atoms with Gasteiger partial charge in [0, 0.05) is 49.7 Å². The summed E-state index contributed by atoms with van der Waals surface area (Å²) in [5.41, 5.74) is 0.786. The van der Waals surface area contributed by atoms with Gasteiger partial charge in [-0.3, -0.25) is 0 Å². The highest BCUT2D eigenvalue weighted by atomic mass is 16.5. The van der Waals surface area contributed by atoms with Crippen LogP contribution in [0, 0.1) is 5.92 Å². The Labute approximate surface area is 156 Å². The number of aromatic nitrogens is 2. The number of carbonyl (C=O) groups is 1. The predicted molar refractivity (Wildman–Crippen MR) is 103 cm³/mol. The zero-order valence-electron chi connectivity index (χ0n) is 15.7. The average Bonchev–Trinajstić information content (AvgIpc) is 3.09. The Hall–Kier alpha value is -1.95. The normalized spacial score (nSPS) is 22.0. The highest BCUT2D eigenvalue weighted by Crippen LogP contribution is 2.26. The number of ether oxygens (including phenoxy) is 1. The van der Waals surface area contributed by atoms with E-state index in [1.54, 1.807) is 25.4 Å². The summed E-state index contributed by atoms with van der Waals surface area (Å²) in [4.78, 5) is 22.6. The maximum atomic E-state index is 11.3. The Kier molecular flexibility index (Phi) is 7.00. The number of carbonyl (C=O) groups excluding carboxylic acids is 1. The number of nitrogens with zero attached hydrogens (tertiary/aromatic N) is 3. The van der Waals surface area contributed by atoms with E-state index in [4.69, 9.17) is 4.74 Å². The Bertz CT molecular complexity index is 596. The molecule has 6 nitrogen and oxygen atoms in total. The van der Waals surface area contributed by atoms with Gasteiger partial charge in [0.05, 0.1) is 6.61 Å². The second-order valence-electron chi connectivity index (χ2n) is 7.32. The number of hydrogen-bond acceptors (Lipinski definition) is 6. The Balaban J connectivity index is 1.43. The molecule has 1 N–H and O–H groups in total. The van der Waals surface area contributed by atoms with E-state index in [1.807, 2.05) is 0 Å². The summed E-state index contributed by atoms with van der Waals surface area (Å²) in [5, 5.41) is 3.44. The van der Waals surface area contributed by atoms with Crippen LogP contribution in [0.2, 0.25) is 0 Å². The molecule has 1 saturated carbocycles. The third kappa shape index (κ3) is 5.80. The summed E-state index contributed by atoms with van der Waals surface area (Å²) in [5.74, 6) is 1.20. The fraction of sp³-hybridized carbons (Fsp3) is 0.650. The summed E-state index contributed by atoms with van der Waals surface area (Å²) in [6, 6.07) is 0.416. The number of likely N-dealkylation sites (tertiary alicyclic amines) is 1. The molecule has 1 atom stereocenters. The molecule has 2 heterocycles. The Morgan fingerprint density at radius 1 is 1.27 bits per heavy atom. The van der Waals surface area contributed by atoms with Gasteiger partial charge in [0.25, 0.3) is 0 Å². The number of nitrogens with one attached hydrogen (secondary N) is 1. The van der Waals surface area contributed by atoms with E-state index in [0.29, 0.717) is 18.6 Å². The van der Waals surface area contributed by atoms with Crippen LogP contribution in [-0.2, 0) is 9.53 Å². The van der Waals surface area contributed by atoms with Crippen molar-refractivity contribution in [3.8, 4) is 0 Å². The molecule has 2 aliphatic rings. The van der Waals surface area contributed by atoms with E-state index in [0.717, 1.165) is 31.0 Å². The minimum atomic E-state index is -0.348. The van der Waals surface area contributed by atoms with Crippen LogP contribution in [-0.4, -0.2) is 53.1 Å². The first-order chi connectivity index (χ1) is 12.7. The number of esters is 1. The molecule has 0 bridgehead atoms. The molecule has 0 unspecified atom stereocenters. The molecule has 2 fully saturated rings. The fourth-order valence-electron chi connectivity index (χ4n) is 3.89. The summed E-state index contributed by atoms with van der Waals surface area (Å²) in [6.07, 6.45) is 14.7. The van der Waals surface area contributed by atoms with Crippen molar-refractivity contribution in [2.45, 2.75) is 51.5 Å². The van der Waals surface area contributed by atoms with E-state index in [-0.39, 0.29) is 5.97 Å². The maximum Gasteiger partial charge on any atom is 0.330 e. The molecule has 0 radical (unpaired) electrons. The third-order valence-corrected chi connectivity index (χ3v) is 5.22. The Morgan fingerprint density at radius 2 is 2.04 bits per heavy atom. The molecular formula is C20H30N4O2. The van der Waals surface area contributed by atoms with Crippen LogP contribution in [0.5, 0.6) is 0 Å². The monoisotopic (exact) mass is 358 g/mol. The minimum absolute atomic E-state index is 0.348. The lowest BCUT2D eigenvalue weighted by Crippen LogP contribution is -2.31. The smallest absolute Gasteiger partial charge is 0.330 e. The van der Waals surface area contributed by atoms with Crippen molar-refractivity contribution in [2.75, 3.05) is 31.6 Å². The van der Waals surface area contributed by atoms with Crippen molar-refractivity contribution >= 4 is 18.0 Å². The highest BCUT2D eigenvalue weighted by Gasteiger charge is 2.25. The first-order valence-electron chi connectivity index (χ1n) is 9.88. The Morgan fingerprint density at radius 3 is 2.77 bits per heavy atom. The lowest BCUT2D eigenvalue weighted by atomic mass is 9.89. The summed E-state index contributed by atoms with van der Waals surface area (Å²) in [7, 11) is 0. The zero-order chi connectivity index (χ0) is 18.2. The van der Waals surface area contributed by atoms with Gasteiger partial charge in [-0.25, -0.2) is 14.8 Å². The van der Waals surface area contributed by atoms with Crippen LogP contribution in [0.1, 0.15) is 51.0 Å². The van der Waals surface area contributed by atoms with E-state index >= 15 is 0 Å². The third-order valence-electron chi connectivity index (χ3n) is 5.22. The second kappa shape index (κ2) is 9.67. The molecule has 26 heavy (non-hydrogen) atoms. The predicted octanol–water partition coefficient (Wildman–Crippen LogP) is 3.12. The van der Waals surface area contributed by atoms with Crippen molar-refractivity contribution in [2.24, 2.45) is 5.92 Å². The summed E-state index contributed by atoms with van der Waals surface area (Å²) in [6.45, 7) is 5.64. The molecule has 1 aliphatic carbocycles. The minimum Gasteiger partial charge on any atom is -0.463 e. The van der Waals surface area contributed by atoms with Crippen LogP contribution in [0.25, 0.3) is 6.08 Å². The SMILES string of the molecule is CCOC(=O)C=Cc1cnc(N[C@@H]2CCN(CC3CCCCC3)C2)nc1. The van der Waals surface area contributed by atoms with Crippen LogP contribution < -0.4 is 5.32 Å². The van der Waals surface area contributed by atoms with Gasteiger partial charge in [-0.05, 0) is 38.2 Å². The van der Waals surface area contributed by atoms with Gasteiger partial charge in [0.1, 0.15) is 0 Å². The van der Waals surface area contributed by atoms with Crippen LogP contribution in [0.3, 0.4) is 0 Å². The first kappa shape index (κ1) is 18.8. The second-order valence-corrected chi connectivity index (χ2v) is 7.32. The highest BCUT2D eigenvalue weighted by molar-refractivity contribution is 5.86. The fourth-order valence-corrected chi connectivity index (χ4v) is 3.89. The van der Waals surface area contributed by atoms with Gasteiger partial charge in [0.2, 0.25) is 5.95 Å². The molecule has 3 rings (SSSR count). The van der Waals surface area contributed by atoms with Gasteiger partial charge in [-0.1, -0.05) is 19.3 Å². The number of anilines is 1. The largest absolute Gasteiger partial charge is 0.463 e. The molecule has 1 aromatic heterocycles. The molecule has 0 amide bonds. The van der Waals surface area contributed by atoms with E-state index in [2.05, 4.69) is 20.2 Å². The van der Waals surface area contributed by atoms with Gasteiger partial charge in [0.15, 0.2) is 0 Å². The van der Waals surface area contributed by atoms with Gasteiger partial charge in [-0.2, -0.15) is 0 Å².